The molecule has 0 fully saturated rings. The predicted octanol–water partition coefficient (Wildman–Crippen LogP) is 6.70. The van der Waals surface area contributed by atoms with Gasteiger partial charge in [-0.3, -0.25) is 0 Å². The van der Waals surface area contributed by atoms with E-state index in [-0.39, 0.29) is 12.8 Å². The normalized spacial score (nSPS) is 13.1. The first-order valence-electron chi connectivity index (χ1n) is 13.8. The molecule has 0 spiro atoms. The maximum atomic E-state index is 13.2. The minimum atomic E-state index is -1.07. The zero-order chi connectivity index (χ0) is 30.8. The standard InChI is InChI=1S/C33H45NO7/c1-31(2,3)39-28(35)25(21-23-15-18-26(19-16-23)38-22-24-13-11-10-12-14-24)17-20-27(29(36)40-32(4,5)6)34-30(37)41-33(7,8)9/h10-19,27H,20-22H2,1-9H3,(H,34,37)/b25-17-/t27-/m0/s1. The Balaban J connectivity index is 2.25. The molecule has 1 N–H and O–H groups in total. The average molecular weight is 568 g/mol. The van der Waals surface area contributed by atoms with Gasteiger partial charge in [-0.15, -0.1) is 0 Å². The van der Waals surface area contributed by atoms with Crippen LogP contribution in [-0.4, -0.2) is 40.9 Å². The van der Waals surface area contributed by atoms with Crippen LogP contribution >= 0.6 is 0 Å². The first kappa shape index (κ1) is 33.4. The molecule has 8 nitrogen and oxygen atoms in total. The molecule has 0 saturated carbocycles. The zero-order valence-electron chi connectivity index (χ0n) is 25.8. The van der Waals surface area contributed by atoms with Crippen LogP contribution in [0, 0.1) is 0 Å². The molecule has 0 heterocycles. The monoisotopic (exact) mass is 567 g/mol. The van der Waals surface area contributed by atoms with E-state index < -0.39 is 40.9 Å². The van der Waals surface area contributed by atoms with Gasteiger partial charge in [0.05, 0.1) is 0 Å². The molecule has 0 aromatic heterocycles. The molecule has 0 bridgehead atoms. The Bertz CT molecular complexity index is 1180. The second-order valence-electron chi connectivity index (χ2n) is 12.8. The van der Waals surface area contributed by atoms with Gasteiger partial charge in [0, 0.05) is 12.0 Å². The van der Waals surface area contributed by atoms with Gasteiger partial charge < -0.3 is 24.3 Å². The van der Waals surface area contributed by atoms with Gasteiger partial charge >= 0.3 is 18.0 Å². The van der Waals surface area contributed by atoms with Crippen LogP contribution in [0.1, 0.15) is 79.9 Å². The third-order valence-corrected chi connectivity index (χ3v) is 5.21. The number of carbonyl (C=O) groups excluding carboxylic acids is 3. The molecule has 2 rings (SSSR count). The third kappa shape index (κ3) is 13.9. The molecule has 0 aliphatic rings. The Labute approximate surface area is 244 Å². The smallest absolute Gasteiger partial charge is 0.408 e. The first-order chi connectivity index (χ1) is 18.9. The molecule has 0 aliphatic heterocycles. The maximum absolute atomic E-state index is 13.2. The summed E-state index contributed by atoms with van der Waals surface area (Å²) >= 11 is 0. The number of benzene rings is 2. The molecular formula is C33H45NO7. The first-order valence-corrected chi connectivity index (χ1v) is 13.8. The number of hydrogen-bond acceptors (Lipinski definition) is 7. The SMILES string of the molecule is CC(C)(C)OC(=O)N[C@@H](C/C=C(/Cc1ccc(OCc2ccccc2)cc1)C(=O)OC(C)(C)C)C(=O)OC(C)(C)C. The minimum absolute atomic E-state index is 0.000995. The molecule has 41 heavy (non-hydrogen) atoms. The molecule has 0 saturated heterocycles. The zero-order valence-corrected chi connectivity index (χ0v) is 25.8. The van der Waals surface area contributed by atoms with Gasteiger partial charge in [0.25, 0.3) is 0 Å². The van der Waals surface area contributed by atoms with Crippen LogP contribution in [0.5, 0.6) is 5.75 Å². The van der Waals surface area contributed by atoms with E-state index >= 15 is 0 Å². The highest BCUT2D eigenvalue weighted by Gasteiger charge is 2.29. The summed E-state index contributed by atoms with van der Waals surface area (Å²) < 4.78 is 22.4. The van der Waals surface area contributed by atoms with Gasteiger partial charge in [-0.2, -0.15) is 0 Å². The van der Waals surface area contributed by atoms with Crippen LogP contribution in [0.4, 0.5) is 4.79 Å². The Morgan fingerprint density at radius 3 is 1.83 bits per heavy atom. The summed E-state index contributed by atoms with van der Waals surface area (Å²) in [5, 5.41) is 2.59. The van der Waals surface area contributed by atoms with Gasteiger partial charge in [0.2, 0.25) is 0 Å². The van der Waals surface area contributed by atoms with Crippen molar-refractivity contribution in [2.45, 2.75) is 105 Å². The topological polar surface area (TPSA) is 100 Å². The molecule has 1 amide bonds. The number of carbonyl (C=O) groups is 3. The van der Waals surface area contributed by atoms with Crippen molar-refractivity contribution >= 4 is 18.0 Å². The summed E-state index contributed by atoms with van der Waals surface area (Å²) in [7, 11) is 0. The Morgan fingerprint density at radius 2 is 1.29 bits per heavy atom. The van der Waals surface area contributed by atoms with Crippen molar-refractivity contribution in [3.05, 3.63) is 77.4 Å². The van der Waals surface area contributed by atoms with Crippen LogP contribution < -0.4 is 10.1 Å². The van der Waals surface area contributed by atoms with Gasteiger partial charge in [0.1, 0.15) is 35.2 Å². The summed E-state index contributed by atoms with van der Waals surface area (Å²) in [6.07, 6.45) is 1.11. The van der Waals surface area contributed by atoms with Gasteiger partial charge in [0.15, 0.2) is 0 Å². The van der Waals surface area contributed by atoms with Crippen molar-refractivity contribution in [3.63, 3.8) is 0 Å². The lowest BCUT2D eigenvalue weighted by atomic mass is 10.0. The quantitative estimate of drug-likeness (QED) is 0.194. The second kappa shape index (κ2) is 14.2. The minimum Gasteiger partial charge on any atom is -0.489 e. The lowest BCUT2D eigenvalue weighted by molar-refractivity contribution is -0.157. The number of amides is 1. The molecule has 1 atom stereocenters. The van der Waals surface area contributed by atoms with Crippen molar-refractivity contribution < 1.29 is 33.3 Å². The summed E-state index contributed by atoms with van der Waals surface area (Å²) in [6.45, 7) is 16.2. The molecule has 0 radical (unpaired) electrons. The highest BCUT2D eigenvalue weighted by Crippen LogP contribution is 2.20. The van der Waals surface area contributed by atoms with E-state index in [4.69, 9.17) is 18.9 Å². The van der Waals surface area contributed by atoms with Crippen molar-refractivity contribution in [2.75, 3.05) is 0 Å². The predicted molar refractivity (Wildman–Crippen MR) is 158 cm³/mol. The van der Waals surface area contributed by atoms with Gasteiger partial charge in [-0.25, -0.2) is 14.4 Å². The van der Waals surface area contributed by atoms with Crippen molar-refractivity contribution in [2.24, 2.45) is 0 Å². The third-order valence-electron chi connectivity index (χ3n) is 5.21. The lowest BCUT2D eigenvalue weighted by Crippen LogP contribution is -2.45. The number of esters is 2. The highest BCUT2D eigenvalue weighted by molar-refractivity contribution is 5.89. The van der Waals surface area contributed by atoms with Crippen LogP contribution in [-0.2, 0) is 36.8 Å². The second-order valence-corrected chi connectivity index (χ2v) is 12.8. The fraction of sp³-hybridized carbons (Fsp3) is 0.485. The molecule has 0 aliphatic carbocycles. The van der Waals surface area contributed by atoms with Crippen molar-refractivity contribution in [3.8, 4) is 5.75 Å². The lowest BCUT2D eigenvalue weighted by Gasteiger charge is -2.26. The van der Waals surface area contributed by atoms with Crippen LogP contribution in [0.25, 0.3) is 0 Å². The van der Waals surface area contributed by atoms with Crippen LogP contribution in [0.15, 0.2) is 66.2 Å². The van der Waals surface area contributed by atoms with E-state index in [0.29, 0.717) is 17.9 Å². The number of hydrogen-bond donors (Lipinski definition) is 1. The molecule has 2 aromatic carbocycles. The molecule has 0 unspecified atom stereocenters. The summed E-state index contributed by atoms with van der Waals surface area (Å²) in [5.41, 5.74) is 0.0149. The van der Waals surface area contributed by atoms with E-state index in [1.165, 1.54) is 0 Å². The summed E-state index contributed by atoms with van der Waals surface area (Å²) in [6, 6.07) is 16.2. The Morgan fingerprint density at radius 1 is 0.732 bits per heavy atom. The Kier molecular flexibility index (Phi) is 11.6. The molecule has 224 valence electrons. The summed E-state index contributed by atoms with van der Waals surface area (Å²) in [5.74, 6) is -0.447. The molecule has 2 aromatic rings. The van der Waals surface area contributed by atoms with E-state index in [1.54, 1.807) is 68.4 Å². The maximum Gasteiger partial charge on any atom is 0.408 e. The largest absolute Gasteiger partial charge is 0.489 e. The fourth-order valence-electron chi connectivity index (χ4n) is 3.53. The van der Waals surface area contributed by atoms with Gasteiger partial charge in [-0.05, 0) is 92.0 Å². The number of alkyl carbamates (subject to hydrolysis) is 1. The average Bonchev–Trinajstić information content (AvgIpc) is 2.82. The van der Waals surface area contributed by atoms with E-state index in [0.717, 1.165) is 11.1 Å². The fourth-order valence-corrected chi connectivity index (χ4v) is 3.53. The molecule has 8 heteroatoms. The number of rotatable bonds is 10. The van der Waals surface area contributed by atoms with Crippen molar-refractivity contribution in [1.29, 1.82) is 0 Å². The molecular weight excluding hydrogens is 522 g/mol. The van der Waals surface area contributed by atoms with E-state index in [1.807, 2.05) is 54.6 Å². The highest BCUT2D eigenvalue weighted by atomic mass is 16.6. The van der Waals surface area contributed by atoms with Crippen molar-refractivity contribution in [1.82, 2.24) is 5.32 Å². The number of ether oxygens (including phenoxy) is 4. The van der Waals surface area contributed by atoms with E-state index in [2.05, 4.69) is 5.32 Å². The van der Waals surface area contributed by atoms with Crippen LogP contribution in [0.2, 0.25) is 0 Å². The van der Waals surface area contributed by atoms with E-state index in [9.17, 15) is 14.4 Å². The number of nitrogens with one attached hydrogen (secondary N) is 1. The van der Waals surface area contributed by atoms with Gasteiger partial charge in [-0.1, -0.05) is 48.5 Å². The summed E-state index contributed by atoms with van der Waals surface area (Å²) in [4.78, 5) is 38.7. The van der Waals surface area contributed by atoms with Crippen LogP contribution in [0.3, 0.4) is 0 Å². The Hall–Kier alpha value is -3.81.